The van der Waals surface area contributed by atoms with Crippen LogP contribution in [0.3, 0.4) is 0 Å². The summed E-state index contributed by atoms with van der Waals surface area (Å²) >= 11 is 0. The van der Waals surface area contributed by atoms with Gasteiger partial charge < -0.3 is 10.2 Å². The summed E-state index contributed by atoms with van der Waals surface area (Å²) in [6, 6.07) is 10.2. The van der Waals surface area contributed by atoms with Crippen LogP contribution in [-0.2, 0) is 11.3 Å². The van der Waals surface area contributed by atoms with Gasteiger partial charge in [0.1, 0.15) is 0 Å². The van der Waals surface area contributed by atoms with Gasteiger partial charge in [-0.15, -0.1) is 12.4 Å². The van der Waals surface area contributed by atoms with Gasteiger partial charge in [0.15, 0.2) is 0 Å². The van der Waals surface area contributed by atoms with Gasteiger partial charge in [-0.25, -0.2) is 0 Å². The maximum atomic E-state index is 12.2. The molecule has 1 aromatic carbocycles. The van der Waals surface area contributed by atoms with Crippen molar-refractivity contribution in [3.05, 3.63) is 35.9 Å². The Balaban J connectivity index is 0.00000180. The molecule has 1 saturated heterocycles. The van der Waals surface area contributed by atoms with E-state index in [1.54, 1.807) is 0 Å². The highest BCUT2D eigenvalue weighted by Gasteiger charge is 2.21. The molecule has 1 aliphatic heterocycles. The van der Waals surface area contributed by atoms with Crippen molar-refractivity contribution in [2.24, 2.45) is 5.92 Å². The lowest BCUT2D eigenvalue weighted by molar-refractivity contribution is -0.132. The molecule has 0 spiro atoms. The maximum Gasteiger partial charge on any atom is 0.223 e. The zero-order chi connectivity index (χ0) is 12.8. The van der Waals surface area contributed by atoms with E-state index in [1.165, 1.54) is 5.56 Å². The van der Waals surface area contributed by atoms with Crippen LogP contribution in [0.2, 0.25) is 0 Å². The van der Waals surface area contributed by atoms with Crippen LogP contribution in [0.15, 0.2) is 30.3 Å². The van der Waals surface area contributed by atoms with Gasteiger partial charge >= 0.3 is 0 Å². The Labute approximate surface area is 121 Å². The minimum absolute atomic E-state index is 0. The molecule has 1 atom stereocenters. The molecule has 0 aliphatic carbocycles. The summed E-state index contributed by atoms with van der Waals surface area (Å²) in [5.74, 6) is 0.817. The number of carbonyl (C=O) groups is 1. The van der Waals surface area contributed by atoms with Crippen LogP contribution in [0.1, 0.15) is 25.3 Å². The van der Waals surface area contributed by atoms with Crippen molar-refractivity contribution in [1.29, 1.82) is 0 Å². The molecule has 1 fully saturated rings. The number of nitrogens with zero attached hydrogens (tertiary/aromatic N) is 1. The Hall–Kier alpha value is -1.06. The largest absolute Gasteiger partial charge is 0.339 e. The second-order valence-corrected chi connectivity index (χ2v) is 4.96. The molecule has 1 aliphatic rings. The van der Waals surface area contributed by atoms with Gasteiger partial charge in [-0.05, 0) is 37.9 Å². The Morgan fingerprint density at radius 2 is 2.11 bits per heavy atom. The van der Waals surface area contributed by atoms with E-state index in [0.29, 0.717) is 12.3 Å². The monoisotopic (exact) mass is 282 g/mol. The quantitative estimate of drug-likeness (QED) is 0.900. The lowest BCUT2D eigenvalue weighted by atomic mass is 10.0. The van der Waals surface area contributed by atoms with E-state index in [2.05, 4.69) is 17.4 Å². The summed E-state index contributed by atoms with van der Waals surface area (Å²) in [6.45, 7) is 5.62. The number of hydrogen-bond donors (Lipinski definition) is 1. The molecule has 1 amide bonds. The van der Waals surface area contributed by atoms with Gasteiger partial charge in [-0.2, -0.15) is 0 Å². The molecule has 0 aromatic heterocycles. The highest BCUT2D eigenvalue weighted by molar-refractivity contribution is 5.85. The van der Waals surface area contributed by atoms with Gasteiger partial charge in [-0.3, -0.25) is 4.79 Å². The molecule has 1 N–H and O–H groups in total. The second-order valence-electron chi connectivity index (χ2n) is 4.96. The number of nitrogens with one attached hydrogen (secondary N) is 1. The van der Waals surface area contributed by atoms with E-state index in [4.69, 9.17) is 0 Å². The summed E-state index contributed by atoms with van der Waals surface area (Å²) in [4.78, 5) is 14.2. The Morgan fingerprint density at radius 1 is 1.37 bits per heavy atom. The lowest BCUT2D eigenvalue weighted by Gasteiger charge is -2.22. The van der Waals surface area contributed by atoms with Crippen molar-refractivity contribution >= 4 is 18.3 Å². The fraction of sp³-hybridized carbons (Fsp3) is 0.533. The summed E-state index contributed by atoms with van der Waals surface area (Å²) in [5, 5.41) is 3.31. The summed E-state index contributed by atoms with van der Waals surface area (Å²) in [6.07, 6.45) is 1.82. The van der Waals surface area contributed by atoms with Crippen molar-refractivity contribution in [3.8, 4) is 0 Å². The van der Waals surface area contributed by atoms with Gasteiger partial charge in [-0.1, -0.05) is 30.3 Å². The SMILES string of the molecule is CCN(Cc1ccccc1)C(=O)CC1CCNC1.Cl. The van der Waals surface area contributed by atoms with Crippen molar-refractivity contribution in [2.45, 2.75) is 26.3 Å². The Morgan fingerprint density at radius 3 is 2.68 bits per heavy atom. The molecule has 4 heteroatoms. The minimum atomic E-state index is 0. The minimum Gasteiger partial charge on any atom is -0.339 e. The highest BCUT2D eigenvalue weighted by atomic mass is 35.5. The van der Waals surface area contributed by atoms with Crippen LogP contribution in [-0.4, -0.2) is 30.4 Å². The predicted octanol–water partition coefficient (Wildman–Crippen LogP) is 2.46. The van der Waals surface area contributed by atoms with E-state index in [-0.39, 0.29) is 18.3 Å². The number of halogens is 1. The Bertz CT molecular complexity index is 377. The van der Waals surface area contributed by atoms with Gasteiger partial charge in [0, 0.05) is 19.5 Å². The second kappa shape index (κ2) is 8.18. The van der Waals surface area contributed by atoms with Crippen molar-refractivity contribution < 1.29 is 4.79 Å². The number of amides is 1. The summed E-state index contributed by atoms with van der Waals surface area (Å²) in [7, 11) is 0. The molecule has 0 saturated carbocycles. The predicted molar refractivity (Wildman–Crippen MR) is 80.4 cm³/mol. The highest BCUT2D eigenvalue weighted by Crippen LogP contribution is 2.15. The van der Waals surface area contributed by atoms with Crippen LogP contribution in [0.5, 0.6) is 0 Å². The molecule has 1 unspecified atom stereocenters. The number of rotatable bonds is 5. The van der Waals surface area contributed by atoms with E-state index < -0.39 is 0 Å². The first-order valence-electron chi connectivity index (χ1n) is 6.82. The third-order valence-electron chi connectivity index (χ3n) is 3.58. The fourth-order valence-corrected chi connectivity index (χ4v) is 2.44. The molecular formula is C15H23ClN2O. The zero-order valence-electron chi connectivity index (χ0n) is 11.5. The van der Waals surface area contributed by atoms with Gasteiger partial charge in [0.05, 0.1) is 0 Å². The molecular weight excluding hydrogens is 260 g/mol. The average Bonchev–Trinajstić information content (AvgIpc) is 2.90. The number of hydrogen-bond acceptors (Lipinski definition) is 2. The first kappa shape index (κ1) is 16.0. The maximum absolute atomic E-state index is 12.2. The molecule has 0 bridgehead atoms. The standard InChI is InChI=1S/C15H22N2O.ClH/c1-2-17(12-13-6-4-3-5-7-13)15(18)10-14-8-9-16-11-14;/h3-7,14,16H,2,8-12H2,1H3;1H. The van der Waals surface area contributed by atoms with Crippen LogP contribution in [0, 0.1) is 5.92 Å². The van der Waals surface area contributed by atoms with E-state index in [0.717, 1.165) is 32.6 Å². The fourth-order valence-electron chi connectivity index (χ4n) is 2.44. The topological polar surface area (TPSA) is 32.3 Å². The molecule has 0 radical (unpaired) electrons. The molecule has 1 heterocycles. The molecule has 3 nitrogen and oxygen atoms in total. The number of carbonyl (C=O) groups excluding carboxylic acids is 1. The lowest BCUT2D eigenvalue weighted by Crippen LogP contribution is -2.32. The van der Waals surface area contributed by atoms with Crippen molar-refractivity contribution in [3.63, 3.8) is 0 Å². The van der Waals surface area contributed by atoms with E-state index >= 15 is 0 Å². The van der Waals surface area contributed by atoms with E-state index in [1.807, 2.05) is 30.0 Å². The zero-order valence-corrected chi connectivity index (χ0v) is 12.3. The molecule has 19 heavy (non-hydrogen) atoms. The molecule has 106 valence electrons. The third-order valence-corrected chi connectivity index (χ3v) is 3.58. The summed E-state index contributed by atoms with van der Waals surface area (Å²) < 4.78 is 0. The normalized spacial score (nSPS) is 17.8. The molecule has 1 aromatic rings. The van der Waals surface area contributed by atoms with Crippen molar-refractivity contribution in [2.75, 3.05) is 19.6 Å². The third kappa shape index (κ3) is 4.84. The van der Waals surface area contributed by atoms with Crippen LogP contribution in [0.25, 0.3) is 0 Å². The van der Waals surface area contributed by atoms with Crippen molar-refractivity contribution in [1.82, 2.24) is 10.2 Å². The Kier molecular flexibility index (Phi) is 6.89. The molecule has 2 rings (SSSR count). The van der Waals surface area contributed by atoms with E-state index in [9.17, 15) is 4.79 Å². The summed E-state index contributed by atoms with van der Waals surface area (Å²) in [5.41, 5.74) is 1.21. The van der Waals surface area contributed by atoms with Crippen LogP contribution in [0.4, 0.5) is 0 Å². The first-order valence-corrected chi connectivity index (χ1v) is 6.82. The van der Waals surface area contributed by atoms with Crippen LogP contribution >= 0.6 is 12.4 Å². The first-order chi connectivity index (χ1) is 8.79. The van der Waals surface area contributed by atoms with Gasteiger partial charge in [0.25, 0.3) is 0 Å². The van der Waals surface area contributed by atoms with Crippen LogP contribution < -0.4 is 5.32 Å². The average molecular weight is 283 g/mol. The smallest absolute Gasteiger partial charge is 0.223 e. The number of benzene rings is 1. The van der Waals surface area contributed by atoms with Gasteiger partial charge in [0.2, 0.25) is 5.91 Å².